The summed E-state index contributed by atoms with van der Waals surface area (Å²) in [5, 5.41) is 0. The second kappa shape index (κ2) is 10.5. The molecule has 6 nitrogen and oxygen atoms in total. The monoisotopic (exact) mass is 421 g/mol. The molecule has 0 aliphatic carbocycles. The van der Waals surface area contributed by atoms with Crippen molar-refractivity contribution in [1.29, 1.82) is 0 Å². The number of hydrogen-bond acceptors (Lipinski definition) is 6. The summed E-state index contributed by atoms with van der Waals surface area (Å²) in [6.07, 6.45) is 1.69. The van der Waals surface area contributed by atoms with Gasteiger partial charge >= 0.3 is 5.97 Å². The minimum Gasteiger partial charge on any atom is -0.487 e. The molecule has 0 N–H and O–H groups in total. The number of benzene rings is 2. The Bertz CT molecular complexity index is 1050. The number of hydrogen-bond donors (Lipinski definition) is 0. The summed E-state index contributed by atoms with van der Waals surface area (Å²) < 4.78 is 22.2. The normalized spacial score (nSPS) is 11.3. The number of rotatable bonds is 9. The molecule has 0 atom stereocenters. The van der Waals surface area contributed by atoms with Gasteiger partial charge in [-0.2, -0.15) is 0 Å². The number of aromatic nitrogens is 1. The highest BCUT2D eigenvalue weighted by Gasteiger charge is 2.14. The van der Waals surface area contributed by atoms with Gasteiger partial charge in [0.25, 0.3) is 0 Å². The van der Waals surface area contributed by atoms with E-state index in [1.54, 1.807) is 13.0 Å². The van der Waals surface area contributed by atoms with E-state index in [2.05, 4.69) is 4.98 Å². The lowest BCUT2D eigenvalue weighted by Gasteiger charge is -2.10. The molecule has 2 aromatic carbocycles. The minimum atomic E-state index is -0.472. The van der Waals surface area contributed by atoms with Crippen LogP contribution in [0.3, 0.4) is 0 Å². The van der Waals surface area contributed by atoms with Crippen molar-refractivity contribution in [3.05, 3.63) is 76.9 Å². The van der Waals surface area contributed by atoms with Crippen LogP contribution < -0.4 is 4.74 Å². The quantitative estimate of drug-likeness (QED) is 0.259. The fourth-order valence-electron chi connectivity index (χ4n) is 2.98. The molecule has 0 amide bonds. The summed E-state index contributed by atoms with van der Waals surface area (Å²) in [6, 6.07) is 15.4. The molecular formula is C25H27NO5. The van der Waals surface area contributed by atoms with Crippen molar-refractivity contribution in [3.8, 4) is 17.2 Å². The first-order chi connectivity index (χ1) is 15.0. The molecule has 1 aromatic heterocycles. The zero-order valence-corrected chi connectivity index (χ0v) is 18.3. The van der Waals surface area contributed by atoms with Gasteiger partial charge in [0.05, 0.1) is 13.2 Å². The molecule has 0 spiro atoms. The standard InChI is InChI=1S/C25H27NO5/c1-5-28-23(25(27)29-6-2)15-20-12-13-21(14-17(20)3)30-16-22-18(4)31-24(26-22)19-10-8-7-9-11-19/h7-15H,5-6,16H2,1-4H3. The number of nitrogens with zero attached hydrogens (tertiary/aromatic N) is 1. The molecule has 162 valence electrons. The molecule has 0 radical (unpaired) electrons. The zero-order chi connectivity index (χ0) is 22.2. The first-order valence-corrected chi connectivity index (χ1v) is 10.3. The number of aryl methyl sites for hydroxylation is 2. The van der Waals surface area contributed by atoms with Crippen molar-refractivity contribution in [3.63, 3.8) is 0 Å². The summed E-state index contributed by atoms with van der Waals surface area (Å²) in [7, 11) is 0. The number of ether oxygens (including phenoxy) is 3. The Labute approximate surface area is 182 Å². The Morgan fingerprint density at radius 1 is 1.03 bits per heavy atom. The molecule has 0 saturated heterocycles. The topological polar surface area (TPSA) is 70.8 Å². The predicted octanol–water partition coefficient (Wildman–Crippen LogP) is 5.48. The maximum Gasteiger partial charge on any atom is 0.373 e. The number of esters is 1. The van der Waals surface area contributed by atoms with Gasteiger partial charge in [-0.05, 0) is 69.2 Å². The molecule has 0 fully saturated rings. The lowest BCUT2D eigenvalue weighted by atomic mass is 10.1. The first kappa shape index (κ1) is 22.2. The number of oxazole rings is 1. The van der Waals surface area contributed by atoms with Gasteiger partial charge in [-0.25, -0.2) is 9.78 Å². The average molecular weight is 421 g/mol. The van der Waals surface area contributed by atoms with Gasteiger partial charge in [-0.1, -0.05) is 24.3 Å². The van der Waals surface area contributed by atoms with E-state index < -0.39 is 5.97 Å². The summed E-state index contributed by atoms with van der Waals surface area (Å²) in [5.41, 5.74) is 3.48. The molecular weight excluding hydrogens is 394 g/mol. The molecule has 0 bridgehead atoms. The second-order valence-electron chi connectivity index (χ2n) is 6.86. The zero-order valence-electron chi connectivity index (χ0n) is 18.3. The molecule has 0 unspecified atom stereocenters. The van der Waals surface area contributed by atoms with Crippen LogP contribution in [0.15, 0.2) is 58.7 Å². The van der Waals surface area contributed by atoms with Gasteiger partial charge < -0.3 is 18.6 Å². The van der Waals surface area contributed by atoms with Crippen LogP contribution >= 0.6 is 0 Å². The van der Waals surface area contributed by atoms with E-state index in [9.17, 15) is 4.79 Å². The highest BCUT2D eigenvalue weighted by atomic mass is 16.6. The summed E-state index contributed by atoms with van der Waals surface area (Å²) in [5.74, 6) is 1.72. The summed E-state index contributed by atoms with van der Waals surface area (Å²) >= 11 is 0. The predicted molar refractivity (Wildman–Crippen MR) is 118 cm³/mol. The SMILES string of the molecule is CCOC(=O)C(=Cc1ccc(OCc2nc(-c3ccccc3)oc2C)cc1C)OCC. The number of carbonyl (C=O) groups excluding carboxylic acids is 1. The first-order valence-electron chi connectivity index (χ1n) is 10.3. The van der Waals surface area contributed by atoms with Crippen LogP contribution in [0.5, 0.6) is 5.75 Å². The fraction of sp³-hybridized carbons (Fsp3) is 0.280. The van der Waals surface area contributed by atoms with Crippen LogP contribution in [0, 0.1) is 13.8 Å². The maximum atomic E-state index is 12.1. The third-order valence-corrected chi connectivity index (χ3v) is 4.59. The van der Waals surface area contributed by atoms with Crippen molar-refractivity contribution < 1.29 is 23.4 Å². The van der Waals surface area contributed by atoms with Crippen LogP contribution in [-0.2, 0) is 20.9 Å². The Morgan fingerprint density at radius 2 is 1.77 bits per heavy atom. The largest absolute Gasteiger partial charge is 0.487 e. The molecule has 0 aliphatic heterocycles. The van der Waals surface area contributed by atoms with Crippen LogP contribution in [0.1, 0.15) is 36.4 Å². The minimum absolute atomic E-state index is 0.188. The van der Waals surface area contributed by atoms with Gasteiger partial charge in [-0.15, -0.1) is 0 Å². The highest BCUT2D eigenvalue weighted by molar-refractivity contribution is 5.91. The second-order valence-corrected chi connectivity index (χ2v) is 6.86. The molecule has 3 aromatic rings. The molecule has 0 saturated carbocycles. The van der Waals surface area contributed by atoms with E-state index in [1.165, 1.54) is 0 Å². The molecule has 31 heavy (non-hydrogen) atoms. The van der Waals surface area contributed by atoms with Crippen LogP contribution in [0.2, 0.25) is 0 Å². The van der Waals surface area contributed by atoms with Gasteiger partial charge in [0.1, 0.15) is 23.8 Å². The van der Waals surface area contributed by atoms with E-state index in [0.717, 1.165) is 28.1 Å². The Morgan fingerprint density at radius 3 is 2.45 bits per heavy atom. The van der Waals surface area contributed by atoms with E-state index in [4.69, 9.17) is 18.6 Å². The summed E-state index contributed by atoms with van der Waals surface area (Å²) in [6.45, 7) is 8.38. The van der Waals surface area contributed by atoms with Crippen molar-refractivity contribution in [2.75, 3.05) is 13.2 Å². The van der Waals surface area contributed by atoms with Crippen LogP contribution in [0.4, 0.5) is 0 Å². The van der Waals surface area contributed by atoms with Crippen molar-refractivity contribution in [2.45, 2.75) is 34.3 Å². The van der Waals surface area contributed by atoms with E-state index in [1.807, 2.05) is 69.3 Å². The van der Waals surface area contributed by atoms with E-state index in [0.29, 0.717) is 31.5 Å². The van der Waals surface area contributed by atoms with Gasteiger partial charge in [0, 0.05) is 5.56 Å². The van der Waals surface area contributed by atoms with Crippen molar-refractivity contribution in [2.24, 2.45) is 0 Å². The van der Waals surface area contributed by atoms with Crippen LogP contribution in [0.25, 0.3) is 17.5 Å². The Hall–Kier alpha value is -3.54. The van der Waals surface area contributed by atoms with Crippen molar-refractivity contribution in [1.82, 2.24) is 4.98 Å². The van der Waals surface area contributed by atoms with Gasteiger partial charge in [0.15, 0.2) is 0 Å². The Balaban J connectivity index is 1.72. The average Bonchev–Trinajstić information content (AvgIpc) is 3.15. The van der Waals surface area contributed by atoms with Gasteiger partial charge in [0.2, 0.25) is 11.6 Å². The van der Waals surface area contributed by atoms with Crippen LogP contribution in [-0.4, -0.2) is 24.2 Å². The number of carbonyl (C=O) groups is 1. The third-order valence-electron chi connectivity index (χ3n) is 4.59. The van der Waals surface area contributed by atoms with Gasteiger partial charge in [-0.3, -0.25) is 0 Å². The lowest BCUT2D eigenvalue weighted by Crippen LogP contribution is -2.10. The lowest BCUT2D eigenvalue weighted by molar-refractivity contribution is -0.142. The van der Waals surface area contributed by atoms with E-state index >= 15 is 0 Å². The Kier molecular flexibility index (Phi) is 7.49. The molecule has 6 heteroatoms. The maximum absolute atomic E-state index is 12.1. The highest BCUT2D eigenvalue weighted by Crippen LogP contribution is 2.24. The van der Waals surface area contributed by atoms with Crippen molar-refractivity contribution >= 4 is 12.0 Å². The fourth-order valence-corrected chi connectivity index (χ4v) is 2.98. The van der Waals surface area contributed by atoms with E-state index in [-0.39, 0.29) is 5.76 Å². The third kappa shape index (κ3) is 5.75. The molecule has 1 heterocycles. The molecule has 0 aliphatic rings. The summed E-state index contributed by atoms with van der Waals surface area (Å²) in [4.78, 5) is 16.6. The molecule has 3 rings (SSSR count). The smallest absolute Gasteiger partial charge is 0.373 e.